The van der Waals surface area contributed by atoms with Crippen molar-refractivity contribution < 1.29 is 9.90 Å². The van der Waals surface area contributed by atoms with Crippen molar-refractivity contribution in [3.63, 3.8) is 0 Å². The Kier molecular flexibility index (Phi) is 3.83. The molecule has 80 valence electrons. The van der Waals surface area contributed by atoms with Gasteiger partial charge in [0.15, 0.2) is 0 Å². The average molecular weight is 208 g/mol. The van der Waals surface area contributed by atoms with E-state index in [1.54, 1.807) is 19.1 Å². The predicted molar refractivity (Wildman–Crippen MR) is 52.9 cm³/mol. The van der Waals surface area contributed by atoms with Gasteiger partial charge in [-0.25, -0.2) is 4.68 Å². The number of rotatable bonds is 4. The SMILES string of the molecule is Cc1cc(NC(=O)CC#N)n(CCO)n1. The highest BCUT2D eigenvalue weighted by Gasteiger charge is 2.08. The van der Waals surface area contributed by atoms with Crippen molar-refractivity contribution >= 4 is 11.7 Å². The van der Waals surface area contributed by atoms with E-state index in [4.69, 9.17) is 10.4 Å². The van der Waals surface area contributed by atoms with Crippen molar-refractivity contribution in [3.05, 3.63) is 11.8 Å². The normalized spacial score (nSPS) is 9.67. The molecule has 1 heterocycles. The summed E-state index contributed by atoms with van der Waals surface area (Å²) in [6.45, 7) is 2.05. The van der Waals surface area contributed by atoms with Gasteiger partial charge in [0, 0.05) is 6.07 Å². The second kappa shape index (κ2) is 5.12. The van der Waals surface area contributed by atoms with Gasteiger partial charge in [-0.1, -0.05) is 0 Å². The Balaban J connectivity index is 2.75. The van der Waals surface area contributed by atoms with Gasteiger partial charge in [0.2, 0.25) is 5.91 Å². The van der Waals surface area contributed by atoms with Crippen LogP contribution < -0.4 is 5.32 Å². The fourth-order valence-corrected chi connectivity index (χ4v) is 1.17. The molecule has 1 aromatic heterocycles. The van der Waals surface area contributed by atoms with Gasteiger partial charge in [0.25, 0.3) is 0 Å². The number of carbonyl (C=O) groups excluding carboxylic acids is 1. The Bertz CT molecular complexity index is 391. The monoisotopic (exact) mass is 208 g/mol. The quantitative estimate of drug-likeness (QED) is 0.730. The van der Waals surface area contributed by atoms with Crippen LogP contribution in [-0.2, 0) is 11.3 Å². The van der Waals surface area contributed by atoms with Crippen LogP contribution in [0.25, 0.3) is 0 Å². The number of hydrogen-bond acceptors (Lipinski definition) is 4. The molecule has 1 rings (SSSR count). The molecule has 0 atom stereocenters. The van der Waals surface area contributed by atoms with Crippen LogP contribution in [0.2, 0.25) is 0 Å². The van der Waals surface area contributed by atoms with Crippen LogP contribution in [0, 0.1) is 18.3 Å². The Morgan fingerprint density at radius 2 is 2.53 bits per heavy atom. The van der Waals surface area contributed by atoms with Crippen LogP contribution in [0.4, 0.5) is 5.82 Å². The lowest BCUT2D eigenvalue weighted by atomic mass is 10.4. The Morgan fingerprint density at radius 3 is 3.13 bits per heavy atom. The van der Waals surface area contributed by atoms with Crippen molar-refractivity contribution in [1.82, 2.24) is 9.78 Å². The van der Waals surface area contributed by atoms with E-state index in [-0.39, 0.29) is 18.9 Å². The van der Waals surface area contributed by atoms with E-state index in [1.165, 1.54) is 4.68 Å². The van der Waals surface area contributed by atoms with Crippen LogP contribution >= 0.6 is 0 Å². The molecule has 15 heavy (non-hydrogen) atoms. The number of nitriles is 1. The maximum atomic E-state index is 11.1. The van der Waals surface area contributed by atoms with E-state index in [0.717, 1.165) is 5.69 Å². The molecule has 0 fully saturated rings. The lowest BCUT2D eigenvalue weighted by Crippen LogP contribution is -2.15. The molecule has 0 bridgehead atoms. The van der Waals surface area contributed by atoms with Crippen LogP contribution in [0.15, 0.2) is 6.07 Å². The van der Waals surface area contributed by atoms with Gasteiger partial charge in [0.05, 0.1) is 24.9 Å². The largest absolute Gasteiger partial charge is 0.394 e. The van der Waals surface area contributed by atoms with Gasteiger partial charge in [-0.15, -0.1) is 0 Å². The second-order valence-corrected chi connectivity index (χ2v) is 3.00. The fourth-order valence-electron chi connectivity index (χ4n) is 1.17. The van der Waals surface area contributed by atoms with Crippen LogP contribution in [-0.4, -0.2) is 27.4 Å². The van der Waals surface area contributed by atoms with Gasteiger partial charge < -0.3 is 10.4 Å². The Morgan fingerprint density at radius 1 is 1.80 bits per heavy atom. The molecular formula is C9H12N4O2. The van der Waals surface area contributed by atoms with Gasteiger partial charge in [0.1, 0.15) is 12.2 Å². The third-order valence-corrected chi connectivity index (χ3v) is 1.72. The zero-order valence-electron chi connectivity index (χ0n) is 8.40. The number of nitrogens with one attached hydrogen (secondary N) is 1. The molecule has 1 amide bonds. The highest BCUT2D eigenvalue weighted by Crippen LogP contribution is 2.09. The van der Waals surface area contributed by atoms with E-state index < -0.39 is 0 Å². The van der Waals surface area contributed by atoms with Crippen molar-refractivity contribution in [2.75, 3.05) is 11.9 Å². The number of anilines is 1. The van der Waals surface area contributed by atoms with Gasteiger partial charge in [-0.2, -0.15) is 10.4 Å². The van der Waals surface area contributed by atoms with Crippen molar-refractivity contribution in [2.24, 2.45) is 0 Å². The first-order valence-corrected chi connectivity index (χ1v) is 4.49. The minimum Gasteiger partial charge on any atom is -0.394 e. The van der Waals surface area contributed by atoms with Crippen LogP contribution in [0.1, 0.15) is 12.1 Å². The molecule has 0 saturated heterocycles. The molecule has 0 unspecified atom stereocenters. The summed E-state index contributed by atoms with van der Waals surface area (Å²) < 4.78 is 1.49. The maximum absolute atomic E-state index is 11.1. The highest BCUT2D eigenvalue weighted by atomic mass is 16.3. The lowest BCUT2D eigenvalue weighted by molar-refractivity contribution is -0.115. The zero-order valence-corrected chi connectivity index (χ0v) is 8.40. The van der Waals surface area contributed by atoms with Gasteiger partial charge in [-0.05, 0) is 6.92 Å². The molecule has 1 aromatic rings. The van der Waals surface area contributed by atoms with E-state index in [0.29, 0.717) is 12.4 Å². The van der Waals surface area contributed by atoms with E-state index in [1.807, 2.05) is 0 Å². The predicted octanol–water partition coefficient (Wildman–Crippen LogP) is 0.0360. The smallest absolute Gasteiger partial charge is 0.239 e. The molecule has 0 aliphatic rings. The van der Waals surface area contributed by atoms with Gasteiger partial charge in [-0.3, -0.25) is 4.79 Å². The summed E-state index contributed by atoms with van der Waals surface area (Å²) in [5.74, 6) is 0.124. The summed E-state index contributed by atoms with van der Waals surface area (Å²) in [6.07, 6.45) is -0.191. The summed E-state index contributed by atoms with van der Waals surface area (Å²) in [5.41, 5.74) is 0.746. The molecule has 0 radical (unpaired) electrons. The summed E-state index contributed by atoms with van der Waals surface area (Å²) >= 11 is 0. The number of aryl methyl sites for hydroxylation is 1. The molecule has 0 aliphatic carbocycles. The third kappa shape index (κ3) is 3.07. The van der Waals surface area contributed by atoms with Crippen molar-refractivity contribution in [1.29, 1.82) is 5.26 Å². The van der Waals surface area contributed by atoms with Crippen LogP contribution in [0.5, 0.6) is 0 Å². The van der Waals surface area contributed by atoms with Crippen LogP contribution in [0.3, 0.4) is 0 Å². The number of nitrogens with zero attached hydrogens (tertiary/aromatic N) is 3. The Hall–Kier alpha value is -1.87. The maximum Gasteiger partial charge on any atom is 0.239 e. The topological polar surface area (TPSA) is 90.9 Å². The molecule has 0 aromatic carbocycles. The third-order valence-electron chi connectivity index (χ3n) is 1.72. The van der Waals surface area contributed by atoms with Crippen molar-refractivity contribution in [2.45, 2.75) is 19.9 Å². The highest BCUT2D eigenvalue weighted by molar-refractivity contribution is 5.91. The number of amides is 1. The first-order valence-electron chi connectivity index (χ1n) is 4.49. The summed E-state index contributed by atoms with van der Waals surface area (Å²) in [6, 6.07) is 3.44. The number of aliphatic hydroxyl groups is 1. The summed E-state index contributed by atoms with van der Waals surface area (Å²) in [4.78, 5) is 11.1. The minimum atomic E-state index is -0.378. The number of hydrogen-bond donors (Lipinski definition) is 2. The number of aromatic nitrogens is 2. The minimum absolute atomic E-state index is 0.0533. The first-order chi connectivity index (χ1) is 7.17. The Labute approximate surface area is 87.1 Å². The molecule has 0 saturated carbocycles. The molecule has 6 nitrogen and oxygen atoms in total. The summed E-state index contributed by atoms with van der Waals surface area (Å²) in [5, 5.41) is 23.7. The van der Waals surface area contributed by atoms with E-state index >= 15 is 0 Å². The van der Waals surface area contributed by atoms with Gasteiger partial charge >= 0.3 is 0 Å². The first kappa shape index (κ1) is 11.2. The molecular weight excluding hydrogens is 196 g/mol. The molecule has 2 N–H and O–H groups in total. The lowest BCUT2D eigenvalue weighted by Gasteiger charge is -2.05. The van der Waals surface area contributed by atoms with Crippen molar-refractivity contribution in [3.8, 4) is 6.07 Å². The molecule has 6 heteroatoms. The molecule has 0 spiro atoms. The van der Waals surface area contributed by atoms with E-state index in [9.17, 15) is 4.79 Å². The fraction of sp³-hybridized carbons (Fsp3) is 0.444. The average Bonchev–Trinajstić information content (AvgIpc) is 2.47. The van der Waals surface area contributed by atoms with E-state index in [2.05, 4.69) is 10.4 Å². The second-order valence-electron chi connectivity index (χ2n) is 3.00. The zero-order chi connectivity index (χ0) is 11.3. The standard InChI is InChI=1S/C9H12N4O2/c1-7-6-8(11-9(15)2-3-10)13(12-7)4-5-14/h6,14H,2,4-5H2,1H3,(H,11,15). The molecule has 0 aliphatic heterocycles. The number of carbonyl (C=O) groups is 1. The summed E-state index contributed by atoms with van der Waals surface area (Å²) in [7, 11) is 0. The number of aliphatic hydroxyl groups excluding tert-OH is 1.